The summed E-state index contributed by atoms with van der Waals surface area (Å²) >= 11 is 12.5. The third-order valence-corrected chi connectivity index (χ3v) is 7.48. The maximum atomic E-state index is 14.6. The number of nitrogens with two attached hydrogens (primary N) is 1. The van der Waals surface area contributed by atoms with Crippen LogP contribution in [-0.2, 0) is 10.3 Å². The smallest absolute Gasteiger partial charge is 0.280 e. The summed E-state index contributed by atoms with van der Waals surface area (Å²) in [4.78, 5) is 34.5. The van der Waals surface area contributed by atoms with Crippen molar-refractivity contribution in [1.82, 2.24) is 9.55 Å². The molecule has 6 rings (SSSR count). The molecule has 39 heavy (non-hydrogen) atoms. The largest absolute Gasteiger partial charge is 0.496 e. The minimum atomic E-state index is -1.72. The van der Waals surface area contributed by atoms with Crippen LogP contribution in [0.1, 0.15) is 41.6 Å². The Kier molecular flexibility index (Phi) is 5.64. The second-order valence-corrected chi connectivity index (χ2v) is 10.6. The molecule has 3 aromatic carbocycles. The molecule has 1 unspecified atom stereocenters. The lowest BCUT2D eigenvalue weighted by atomic mass is 9.87. The van der Waals surface area contributed by atoms with Crippen LogP contribution in [0.2, 0.25) is 10.0 Å². The lowest BCUT2D eigenvalue weighted by molar-refractivity contribution is -0.119. The Labute approximate surface area is 233 Å². The number of fused-ring (bicyclic) bond motifs is 4. The fourth-order valence-electron chi connectivity index (χ4n) is 5.58. The predicted molar refractivity (Wildman–Crippen MR) is 148 cm³/mol. The Morgan fingerprint density at radius 2 is 1.82 bits per heavy atom. The molecule has 0 saturated carbocycles. The Hall–Kier alpha value is -4.08. The number of nitrogen functional groups attached to an aromatic ring is 1. The third kappa shape index (κ3) is 3.46. The second kappa shape index (κ2) is 8.72. The number of hydrogen-bond donors (Lipinski definition) is 2. The normalized spacial score (nSPS) is 17.7. The van der Waals surface area contributed by atoms with E-state index >= 15 is 0 Å². The van der Waals surface area contributed by atoms with E-state index in [1.54, 1.807) is 36.4 Å². The molecular formula is C28H22Cl2FN5O3. The van der Waals surface area contributed by atoms with Crippen LogP contribution in [0, 0.1) is 5.82 Å². The Balaban J connectivity index is 1.73. The monoisotopic (exact) mass is 565 g/mol. The summed E-state index contributed by atoms with van der Waals surface area (Å²) in [6.45, 7) is 3.84. The zero-order chi connectivity index (χ0) is 27.8. The first kappa shape index (κ1) is 25.2. The fraction of sp³-hybridized carbons (Fsp3) is 0.179. The van der Waals surface area contributed by atoms with E-state index < -0.39 is 23.2 Å². The first-order valence-corrected chi connectivity index (χ1v) is 12.8. The summed E-state index contributed by atoms with van der Waals surface area (Å²) in [5.74, 6) is -0.867. The first-order chi connectivity index (χ1) is 18.6. The van der Waals surface area contributed by atoms with Crippen molar-refractivity contribution in [3.8, 4) is 17.1 Å². The van der Waals surface area contributed by atoms with Crippen molar-refractivity contribution in [3.63, 3.8) is 0 Å². The highest BCUT2D eigenvalue weighted by Gasteiger charge is 2.64. The number of methoxy groups -OCH3 is 1. The van der Waals surface area contributed by atoms with Crippen LogP contribution in [0.5, 0.6) is 5.75 Å². The van der Waals surface area contributed by atoms with Gasteiger partial charge in [-0.2, -0.15) is 0 Å². The van der Waals surface area contributed by atoms with Gasteiger partial charge in [-0.3, -0.25) is 14.5 Å². The lowest BCUT2D eigenvalue weighted by Gasteiger charge is -2.35. The molecule has 0 fully saturated rings. The van der Waals surface area contributed by atoms with Crippen LogP contribution >= 0.6 is 23.2 Å². The van der Waals surface area contributed by atoms with E-state index in [0.717, 1.165) is 6.07 Å². The molecule has 4 aromatic rings. The molecule has 3 heterocycles. The number of amides is 2. The van der Waals surface area contributed by atoms with E-state index in [4.69, 9.17) is 38.7 Å². The van der Waals surface area contributed by atoms with Crippen LogP contribution < -0.4 is 20.7 Å². The number of benzene rings is 3. The van der Waals surface area contributed by atoms with Gasteiger partial charge in [0.25, 0.3) is 11.8 Å². The van der Waals surface area contributed by atoms with Gasteiger partial charge in [0.2, 0.25) is 0 Å². The van der Waals surface area contributed by atoms with Crippen LogP contribution in [0.4, 0.5) is 21.5 Å². The zero-order valence-electron chi connectivity index (χ0n) is 21.1. The van der Waals surface area contributed by atoms with Gasteiger partial charge in [0.1, 0.15) is 17.4 Å². The van der Waals surface area contributed by atoms with E-state index in [1.807, 2.05) is 18.4 Å². The van der Waals surface area contributed by atoms with Crippen molar-refractivity contribution in [2.24, 2.45) is 0 Å². The summed E-state index contributed by atoms with van der Waals surface area (Å²) in [5, 5.41) is 3.36. The number of halogens is 3. The standard InChI is InChI=1S/C28H22Cl2FN5O3/c1-13(2)35-24-23(34-25(35)19-6-5-17(32)12-22(19)39-3)26(37)36(18-9-15(30)8-16(31)11-18)28(24)20-7-4-14(29)10-21(20)33-27(28)38/h4-13H,32H2,1-3H3,(H,33,38). The van der Waals surface area contributed by atoms with Gasteiger partial charge in [-0.15, -0.1) is 0 Å². The molecule has 1 aromatic heterocycles. The summed E-state index contributed by atoms with van der Waals surface area (Å²) in [6.07, 6.45) is 0. The molecule has 2 aliphatic heterocycles. The quantitative estimate of drug-likeness (QED) is 0.294. The molecule has 0 aliphatic carbocycles. The highest BCUT2D eigenvalue weighted by atomic mass is 35.5. The van der Waals surface area contributed by atoms with Gasteiger partial charge in [-0.25, -0.2) is 9.37 Å². The van der Waals surface area contributed by atoms with E-state index in [1.165, 1.54) is 24.1 Å². The molecule has 1 atom stereocenters. The van der Waals surface area contributed by atoms with Crippen molar-refractivity contribution in [2.75, 3.05) is 23.1 Å². The van der Waals surface area contributed by atoms with Crippen molar-refractivity contribution in [2.45, 2.75) is 25.4 Å². The van der Waals surface area contributed by atoms with Gasteiger partial charge >= 0.3 is 0 Å². The number of rotatable bonds is 4. The summed E-state index contributed by atoms with van der Waals surface area (Å²) in [6, 6.07) is 13.6. The van der Waals surface area contributed by atoms with Gasteiger partial charge in [-0.1, -0.05) is 29.3 Å². The molecule has 8 nitrogen and oxygen atoms in total. The number of nitrogens with zero attached hydrogens (tertiary/aromatic N) is 3. The summed E-state index contributed by atoms with van der Waals surface area (Å²) in [7, 11) is 1.51. The molecule has 1 spiro atoms. The minimum absolute atomic E-state index is 0.0518. The number of imidazole rings is 1. The molecule has 11 heteroatoms. The number of anilines is 3. The van der Waals surface area contributed by atoms with Crippen molar-refractivity contribution in [1.29, 1.82) is 0 Å². The predicted octanol–water partition coefficient (Wildman–Crippen LogP) is 6.02. The summed E-state index contributed by atoms with van der Waals surface area (Å²) in [5.41, 5.74) is 6.76. The molecule has 0 radical (unpaired) electrons. The number of nitrogens with one attached hydrogen (secondary N) is 1. The first-order valence-electron chi connectivity index (χ1n) is 12.1. The van der Waals surface area contributed by atoms with Gasteiger partial charge in [0.05, 0.1) is 24.1 Å². The molecule has 198 valence electrons. The van der Waals surface area contributed by atoms with Crippen LogP contribution in [0.25, 0.3) is 11.4 Å². The second-order valence-electron chi connectivity index (χ2n) is 9.68. The van der Waals surface area contributed by atoms with E-state index in [9.17, 15) is 14.0 Å². The molecule has 2 amide bonds. The van der Waals surface area contributed by atoms with Crippen LogP contribution in [-0.4, -0.2) is 28.5 Å². The Morgan fingerprint density at radius 1 is 1.05 bits per heavy atom. The maximum Gasteiger partial charge on any atom is 0.280 e. The number of carbonyl (C=O) groups excluding carboxylic acids is 2. The van der Waals surface area contributed by atoms with Crippen molar-refractivity contribution >= 4 is 52.1 Å². The average Bonchev–Trinajstić information content (AvgIpc) is 3.47. The highest BCUT2D eigenvalue weighted by Crippen LogP contribution is 2.55. The number of aromatic nitrogens is 2. The highest BCUT2D eigenvalue weighted by molar-refractivity contribution is 6.32. The van der Waals surface area contributed by atoms with Gasteiger partial charge < -0.3 is 20.4 Å². The van der Waals surface area contributed by atoms with Crippen molar-refractivity contribution < 1.29 is 18.7 Å². The van der Waals surface area contributed by atoms with E-state index in [-0.39, 0.29) is 22.4 Å². The van der Waals surface area contributed by atoms with E-state index in [0.29, 0.717) is 44.8 Å². The average molecular weight is 566 g/mol. The van der Waals surface area contributed by atoms with Crippen molar-refractivity contribution in [3.05, 3.63) is 87.4 Å². The van der Waals surface area contributed by atoms with E-state index in [2.05, 4.69) is 5.32 Å². The number of ether oxygens (including phenoxy) is 1. The summed E-state index contributed by atoms with van der Waals surface area (Å²) < 4.78 is 22.0. The fourth-order valence-corrected chi connectivity index (χ4v) is 5.97. The maximum absolute atomic E-state index is 14.6. The third-order valence-electron chi connectivity index (χ3n) is 7.03. The SMILES string of the molecule is COc1cc(N)ccc1-c1nc2c(n1C(C)C)C1(C(=O)Nc3cc(Cl)ccc31)N(c1cc(F)cc(Cl)c1)C2=O. The van der Waals surface area contributed by atoms with Crippen LogP contribution in [0.3, 0.4) is 0 Å². The number of hydrogen-bond acceptors (Lipinski definition) is 5. The van der Waals surface area contributed by atoms with Gasteiger partial charge in [0.15, 0.2) is 11.2 Å². The zero-order valence-corrected chi connectivity index (χ0v) is 22.6. The molecule has 0 bridgehead atoms. The Morgan fingerprint density at radius 3 is 2.51 bits per heavy atom. The molecule has 3 N–H and O–H groups in total. The van der Waals surface area contributed by atoms with Crippen LogP contribution in [0.15, 0.2) is 54.6 Å². The van der Waals surface area contributed by atoms with Gasteiger partial charge in [-0.05, 0) is 56.3 Å². The number of carbonyl (C=O) groups is 2. The molecule has 0 saturated heterocycles. The Bertz CT molecular complexity index is 1700. The topological polar surface area (TPSA) is 102 Å². The lowest BCUT2D eigenvalue weighted by Crippen LogP contribution is -2.51. The molecule has 2 aliphatic rings. The minimum Gasteiger partial charge on any atom is -0.496 e. The molecular weight excluding hydrogens is 544 g/mol. The van der Waals surface area contributed by atoms with Gasteiger partial charge in [0, 0.05) is 39.1 Å².